The summed E-state index contributed by atoms with van der Waals surface area (Å²) in [6.07, 6.45) is 5.66. The van der Waals surface area contributed by atoms with Gasteiger partial charge in [-0.1, -0.05) is 18.2 Å². The second kappa shape index (κ2) is 10.1. The highest BCUT2D eigenvalue weighted by Gasteiger charge is 2.31. The first kappa shape index (κ1) is 23.8. The molecule has 6 rings (SSSR count). The fourth-order valence-corrected chi connectivity index (χ4v) is 5.78. The van der Waals surface area contributed by atoms with E-state index in [0.717, 1.165) is 45.3 Å². The monoisotopic (exact) mass is 501 g/mol. The predicted octanol–water partition coefficient (Wildman–Crippen LogP) is 4.78. The van der Waals surface area contributed by atoms with Crippen LogP contribution in [0, 0.1) is 5.82 Å². The Morgan fingerprint density at radius 1 is 1.00 bits per heavy atom. The maximum absolute atomic E-state index is 15.4. The van der Waals surface area contributed by atoms with E-state index < -0.39 is 5.82 Å². The van der Waals surface area contributed by atoms with Crippen LogP contribution < -0.4 is 15.8 Å². The van der Waals surface area contributed by atoms with Crippen molar-refractivity contribution in [3.05, 3.63) is 60.7 Å². The summed E-state index contributed by atoms with van der Waals surface area (Å²) >= 11 is 0. The van der Waals surface area contributed by atoms with Gasteiger partial charge in [-0.15, -0.1) is 0 Å². The molecule has 3 N–H and O–H groups in total. The summed E-state index contributed by atoms with van der Waals surface area (Å²) < 4.78 is 23.2. The molecule has 1 saturated heterocycles. The molecule has 8 nitrogen and oxygen atoms in total. The molecule has 4 aromatic rings. The van der Waals surface area contributed by atoms with Crippen LogP contribution in [0.2, 0.25) is 0 Å². The number of hydrogen-bond acceptors (Lipinski definition) is 7. The number of nitrogens with zero attached hydrogens (tertiary/aromatic N) is 5. The first-order valence-electron chi connectivity index (χ1n) is 13.1. The molecule has 2 aliphatic rings. The van der Waals surface area contributed by atoms with Crippen molar-refractivity contribution in [1.82, 2.24) is 30.0 Å². The van der Waals surface area contributed by atoms with Crippen LogP contribution in [0.5, 0.6) is 11.5 Å². The van der Waals surface area contributed by atoms with Crippen LogP contribution in [0.3, 0.4) is 0 Å². The van der Waals surface area contributed by atoms with Crippen molar-refractivity contribution in [2.24, 2.45) is 0 Å². The molecule has 1 aliphatic carbocycles. The molecule has 0 spiro atoms. The third kappa shape index (κ3) is 4.76. The van der Waals surface area contributed by atoms with Crippen molar-refractivity contribution in [3.8, 4) is 22.8 Å². The fourth-order valence-electron chi connectivity index (χ4n) is 5.78. The van der Waals surface area contributed by atoms with Gasteiger partial charge in [-0.25, -0.2) is 19.0 Å². The molecule has 3 heterocycles. The zero-order chi connectivity index (χ0) is 25.4. The number of ether oxygens (including phenoxy) is 1. The highest BCUT2D eigenvalue weighted by Crippen LogP contribution is 2.38. The lowest BCUT2D eigenvalue weighted by Gasteiger charge is -2.41. The number of hydrogen-bond donors (Lipinski definition) is 2. The van der Waals surface area contributed by atoms with Gasteiger partial charge in [-0.05, 0) is 56.9 Å². The van der Waals surface area contributed by atoms with Crippen molar-refractivity contribution >= 4 is 16.9 Å². The van der Waals surface area contributed by atoms with Gasteiger partial charge in [-0.2, -0.15) is 5.10 Å². The molecule has 192 valence electrons. The Labute approximate surface area is 215 Å². The van der Waals surface area contributed by atoms with Gasteiger partial charge < -0.3 is 15.8 Å². The van der Waals surface area contributed by atoms with Crippen molar-refractivity contribution in [2.75, 3.05) is 25.4 Å². The first-order chi connectivity index (χ1) is 18.1. The summed E-state index contributed by atoms with van der Waals surface area (Å²) in [6, 6.07) is 15.4. The first-order valence-corrected chi connectivity index (χ1v) is 13.1. The van der Waals surface area contributed by atoms with E-state index in [9.17, 15) is 0 Å². The van der Waals surface area contributed by atoms with Crippen molar-refractivity contribution < 1.29 is 9.13 Å². The van der Waals surface area contributed by atoms with Crippen molar-refractivity contribution in [3.63, 3.8) is 0 Å². The smallest absolute Gasteiger partial charge is 0.164 e. The molecule has 2 aromatic heterocycles. The summed E-state index contributed by atoms with van der Waals surface area (Å²) in [5.74, 6) is 0.937. The second-order valence-corrected chi connectivity index (χ2v) is 10.1. The van der Waals surface area contributed by atoms with E-state index in [1.807, 2.05) is 35.0 Å². The Bertz CT molecular complexity index is 1380. The van der Waals surface area contributed by atoms with Gasteiger partial charge in [0.05, 0.1) is 11.4 Å². The van der Waals surface area contributed by atoms with Crippen LogP contribution >= 0.6 is 0 Å². The zero-order valence-corrected chi connectivity index (χ0v) is 21.0. The average molecular weight is 502 g/mol. The fraction of sp³-hybridized carbons (Fsp3) is 0.393. The van der Waals surface area contributed by atoms with Crippen LogP contribution in [0.4, 0.5) is 10.2 Å². The number of anilines is 1. The molecule has 2 fully saturated rings. The topological polar surface area (TPSA) is 94.1 Å². The van der Waals surface area contributed by atoms with Gasteiger partial charge in [0.1, 0.15) is 35.2 Å². The van der Waals surface area contributed by atoms with Crippen LogP contribution in [0.1, 0.15) is 38.6 Å². The lowest BCUT2D eigenvalue weighted by Crippen LogP contribution is -2.53. The van der Waals surface area contributed by atoms with Crippen LogP contribution in [0.25, 0.3) is 22.3 Å². The zero-order valence-electron chi connectivity index (χ0n) is 21.0. The highest BCUT2D eigenvalue weighted by atomic mass is 19.1. The maximum Gasteiger partial charge on any atom is 0.164 e. The number of nitrogens with two attached hydrogens (primary N) is 1. The minimum atomic E-state index is -0.431. The molecule has 9 heteroatoms. The Morgan fingerprint density at radius 2 is 1.78 bits per heavy atom. The number of rotatable bonds is 5. The van der Waals surface area contributed by atoms with Gasteiger partial charge in [-0.3, -0.25) is 4.90 Å². The standard InChI is InChI=1S/C28H32FN7O/c1-18-16-35(14-13-31-18)19-7-9-20(10-8-19)36-28-25(27(30)32-17-33-28)26(34-36)23-12-11-22(15-24(23)29)37-21-5-3-2-4-6-21/h2-6,11-12,15,17-20,31H,7-10,13-14,16H2,1H3,(H2,30,32,33)/t18-,19?,20?/m1/s1. The lowest BCUT2D eigenvalue weighted by atomic mass is 9.89. The van der Waals surface area contributed by atoms with E-state index in [1.54, 1.807) is 12.1 Å². The highest BCUT2D eigenvalue weighted by molar-refractivity contribution is 5.98. The third-order valence-electron chi connectivity index (χ3n) is 7.62. The number of benzene rings is 2. The minimum Gasteiger partial charge on any atom is -0.457 e. The average Bonchev–Trinajstić information content (AvgIpc) is 3.30. The van der Waals surface area contributed by atoms with E-state index in [4.69, 9.17) is 15.6 Å². The van der Waals surface area contributed by atoms with E-state index in [1.165, 1.54) is 12.4 Å². The Hall–Kier alpha value is -3.56. The SMILES string of the molecule is C[C@@H]1CN(C2CCC(n3nc(-c4ccc(Oc5ccccc5)cc4F)c4c(N)ncnc43)CC2)CCN1. The third-order valence-corrected chi connectivity index (χ3v) is 7.62. The number of nitrogens with one attached hydrogen (secondary N) is 1. The quantitative estimate of drug-likeness (QED) is 0.406. The van der Waals surface area contributed by atoms with Crippen molar-refractivity contribution in [1.29, 1.82) is 0 Å². The van der Waals surface area contributed by atoms with Gasteiger partial charge in [0.2, 0.25) is 0 Å². The molecule has 2 aromatic carbocycles. The normalized spacial score (nSPS) is 22.8. The number of aromatic nitrogens is 4. The summed E-state index contributed by atoms with van der Waals surface area (Å²) in [5, 5.41) is 9.02. The summed E-state index contributed by atoms with van der Waals surface area (Å²) in [7, 11) is 0. The minimum absolute atomic E-state index is 0.186. The number of piperazine rings is 1. The molecular formula is C28H32FN7O. The number of nitrogen functional groups attached to an aromatic ring is 1. The van der Waals surface area contributed by atoms with E-state index in [0.29, 0.717) is 51.7 Å². The Kier molecular flexibility index (Phi) is 6.48. The largest absolute Gasteiger partial charge is 0.457 e. The molecule has 37 heavy (non-hydrogen) atoms. The van der Waals surface area contributed by atoms with E-state index in [-0.39, 0.29) is 6.04 Å². The molecule has 0 unspecified atom stereocenters. The van der Waals surface area contributed by atoms with Gasteiger partial charge >= 0.3 is 0 Å². The van der Waals surface area contributed by atoms with Gasteiger partial charge in [0.15, 0.2) is 5.65 Å². The summed E-state index contributed by atoms with van der Waals surface area (Å²) in [6.45, 7) is 5.49. The Balaban J connectivity index is 1.28. The molecule has 0 radical (unpaired) electrons. The predicted molar refractivity (Wildman–Crippen MR) is 142 cm³/mol. The van der Waals surface area contributed by atoms with E-state index in [2.05, 4.69) is 27.1 Å². The van der Waals surface area contributed by atoms with E-state index >= 15 is 4.39 Å². The molecule has 1 aliphatic heterocycles. The Morgan fingerprint density at radius 3 is 2.54 bits per heavy atom. The number of para-hydroxylation sites is 1. The molecule has 0 amide bonds. The van der Waals surface area contributed by atoms with Crippen LogP contribution in [-0.4, -0.2) is 56.4 Å². The molecule has 1 atom stereocenters. The molecular weight excluding hydrogens is 469 g/mol. The van der Waals surface area contributed by atoms with Crippen molar-refractivity contribution in [2.45, 2.75) is 50.7 Å². The molecule has 1 saturated carbocycles. The van der Waals surface area contributed by atoms with Crippen LogP contribution in [0.15, 0.2) is 54.9 Å². The molecule has 0 bridgehead atoms. The van der Waals surface area contributed by atoms with Gasteiger partial charge in [0.25, 0.3) is 0 Å². The number of fused-ring (bicyclic) bond motifs is 1. The van der Waals surface area contributed by atoms with Crippen LogP contribution in [-0.2, 0) is 0 Å². The lowest BCUT2D eigenvalue weighted by molar-refractivity contribution is 0.105. The summed E-state index contributed by atoms with van der Waals surface area (Å²) in [4.78, 5) is 11.3. The van der Waals surface area contributed by atoms with Gasteiger partial charge in [0, 0.05) is 43.3 Å². The second-order valence-electron chi connectivity index (χ2n) is 10.1. The maximum atomic E-state index is 15.4. The number of halogens is 1. The summed E-state index contributed by atoms with van der Waals surface area (Å²) in [5.41, 5.74) is 7.77.